The number of nitrogens with zero attached hydrogens (tertiary/aromatic N) is 2. The third kappa shape index (κ3) is 5.20. The Morgan fingerprint density at radius 3 is 2.64 bits per heavy atom. The molecule has 1 aliphatic rings. The molecule has 0 radical (unpaired) electrons. The SMILES string of the molecule is CCN(CC(F)F)[C@H](C(N)=O)C(=O)Nc1ccc(N2CCOCC2=O)cc1F. The summed E-state index contributed by atoms with van der Waals surface area (Å²) in [5.74, 6) is -3.34. The maximum Gasteiger partial charge on any atom is 0.253 e. The fourth-order valence-electron chi connectivity index (χ4n) is 2.83. The molecule has 1 saturated heterocycles. The number of rotatable bonds is 8. The van der Waals surface area contributed by atoms with Gasteiger partial charge in [0, 0.05) is 12.2 Å². The molecule has 3 amide bonds. The van der Waals surface area contributed by atoms with E-state index in [2.05, 4.69) is 5.32 Å². The van der Waals surface area contributed by atoms with Crippen molar-refractivity contribution in [2.45, 2.75) is 19.4 Å². The van der Waals surface area contributed by atoms with Crippen molar-refractivity contribution in [1.29, 1.82) is 0 Å². The van der Waals surface area contributed by atoms with Crippen LogP contribution in [-0.2, 0) is 19.1 Å². The van der Waals surface area contributed by atoms with Crippen LogP contribution < -0.4 is 16.0 Å². The van der Waals surface area contributed by atoms with Gasteiger partial charge in [0.25, 0.3) is 18.2 Å². The van der Waals surface area contributed by atoms with Gasteiger partial charge in [-0.25, -0.2) is 13.2 Å². The molecule has 0 spiro atoms. The Balaban J connectivity index is 2.17. The molecule has 0 bridgehead atoms. The van der Waals surface area contributed by atoms with Gasteiger partial charge in [-0.1, -0.05) is 6.92 Å². The van der Waals surface area contributed by atoms with Crippen molar-refractivity contribution >= 4 is 29.1 Å². The third-order valence-electron chi connectivity index (χ3n) is 4.17. The van der Waals surface area contributed by atoms with Crippen molar-refractivity contribution in [1.82, 2.24) is 4.90 Å². The van der Waals surface area contributed by atoms with Crippen LogP contribution in [0.25, 0.3) is 0 Å². The van der Waals surface area contributed by atoms with Gasteiger partial charge in [-0.15, -0.1) is 0 Å². The van der Waals surface area contributed by atoms with Gasteiger partial charge in [0.1, 0.15) is 12.4 Å². The van der Waals surface area contributed by atoms with Crippen LogP contribution in [0, 0.1) is 5.82 Å². The standard InChI is InChI=1S/C17H21F3N4O4/c1-2-23(8-13(19)20)15(16(21)26)17(27)22-12-4-3-10(7-11(12)18)24-5-6-28-9-14(24)25/h3-4,7,13,15H,2,5-6,8-9H2,1H3,(H2,21,26)(H,22,27)/t15-/m1/s1. The maximum atomic E-state index is 14.4. The Hall–Kier alpha value is -2.66. The highest BCUT2D eigenvalue weighted by atomic mass is 19.3. The van der Waals surface area contributed by atoms with E-state index in [9.17, 15) is 27.6 Å². The molecule has 0 aromatic heterocycles. The quantitative estimate of drug-likeness (QED) is 0.619. The van der Waals surface area contributed by atoms with Crippen LogP contribution in [0.4, 0.5) is 24.5 Å². The Morgan fingerprint density at radius 1 is 1.39 bits per heavy atom. The number of amides is 3. The molecule has 1 aliphatic heterocycles. The van der Waals surface area contributed by atoms with Crippen molar-refractivity contribution in [2.75, 3.05) is 43.1 Å². The van der Waals surface area contributed by atoms with E-state index in [1.54, 1.807) is 0 Å². The Kier molecular flexibility index (Phi) is 7.35. The number of hydrogen-bond acceptors (Lipinski definition) is 5. The van der Waals surface area contributed by atoms with Gasteiger partial charge < -0.3 is 20.7 Å². The van der Waals surface area contributed by atoms with Crippen LogP contribution >= 0.6 is 0 Å². The number of alkyl halides is 2. The van der Waals surface area contributed by atoms with Gasteiger partial charge in [0.05, 0.1) is 18.8 Å². The van der Waals surface area contributed by atoms with E-state index in [0.717, 1.165) is 11.0 Å². The van der Waals surface area contributed by atoms with E-state index >= 15 is 0 Å². The first-order chi connectivity index (χ1) is 13.2. The second-order valence-electron chi connectivity index (χ2n) is 6.03. The summed E-state index contributed by atoms with van der Waals surface area (Å²) in [5.41, 5.74) is 5.19. The Labute approximate surface area is 159 Å². The van der Waals surface area contributed by atoms with Crippen molar-refractivity contribution in [2.24, 2.45) is 5.73 Å². The molecule has 8 nitrogen and oxygen atoms in total. The molecular weight excluding hydrogens is 381 g/mol. The lowest BCUT2D eigenvalue weighted by Gasteiger charge is -2.28. The molecule has 3 N–H and O–H groups in total. The second kappa shape index (κ2) is 9.51. The topological polar surface area (TPSA) is 105 Å². The Morgan fingerprint density at radius 2 is 2.11 bits per heavy atom. The highest BCUT2D eigenvalue weighted by Gasteiger charge is 2.32. The zero-order valence-corrected chi connectivity index (χ0v) is 15.2. The number of hydrogen-bond donors (Lipinski definition) is 2. The number of benzene rings is 1. The second-order valence-corrected chi connectivity index (χ2v) is 6.03. The van der Waals surface area contributed by atoms with E-state index in [1.807, 2.05) is 0 Å². The molecular formula is C17H21F3N4O4. The average Bonchev–Trinajstić information content (AvgIpc) is 2.62. The summed E-state index contributed by atoms with van der Waals surface area (Å²) in [5, 5.41) is 2.19. The molecule has 1 atom stereocenters. The average molecular weight is 402 g/mol. The molecule has 0 aliphatic carbocycles. The molecule has 1 fully saturated rings. The van der Waals surface area contributed by atoms with Crippen LogP contribution in [-0.4, -0.2) is 67.9 Å². The Bertz CT molecular complexity index is 747. The van der Waals surface area contributed by atoms with Crippen molar-refractivity contribution in [3.63, 3.8) is 0 Å². The van der Waals surface area contributed by atoms with Gasteiger partial charge in [-0.2, -0.15) is 0 Å². The number of nitrogens with two attached hydrogens (primary N) is 1. The summed E-state index contributed by atoms with van der Waals surface area (Å²) in [4.78, 5) is 38.1. The number of nitrogens with one attached hydrogen (secondary N) is 1. The molecule has 154 valence electrons. The largest absolute Gasteiger partial charge is 0.370 e. The van der Waals surface area contributed by atoms with Crippen molar-refractivity contribution in [3.8, 4) is 0 Å². The van der Waals surface area contributed by atoms with Gasteiger partial charge in [0.2, 0.25) is 5.91 Å². The summed E-state index contributed by atoms with van der Waals surface area (Å²) in [7, 11) is 0. The predicted octanol–water partition coefficient (Wildman–Crippen LogP) is 0.568. The predicted molar refractivity (Wildman–Crippen MR) is 94.4 cm³/mol. The molecule has 11 heteroatoms. The summed E-state index contributed by atoms with van der Waals surface area (Å²) in [6, 6.07) is 2.00. The lowest BCUT2D eigenvalue weighted by atomic mass is 10.2. The van der Waals surface area contributed by atoms with Crippen LogP contribution in [0.5, 0.6) is 0 Å². The number of primary amides is 1. The number of carbonyl (C=O) groups excluding carboxylic acids is 3. The monoisotopic (exact) mass is 402 g/mol. The summed E-state index contributed by atoms with van der Waals surface area (Å²) >= 11 is 0. The van der Waals surface area contributed by atoms with E-state index in [1.165, 1.54) is 24.0 Å². The lowest BCUT2D eigenvalue weighted by Crippen LogP contribution is -2.53. The van der Waals surface area contributed by atoms with E-state index < -0.39 is 36.6 Å². The number of anilines is 2. The molecule has 0 saturated carbocycles. The molecule has 2 rings (SSSR count). The van der Waals surface area contributed by atoms with Crippen LogP contribution in [0.3, 0.4) is 0 Å². The zero-order chi connectivity index (χ0) is 20.8. The normalized spacial score (nSPS) is 15.8. The number of carbonyl (C=O) groups is 3. The minimum absolute atomic E-state index is 0.0358. The number of ether oxygens (including phenoxy) is 1. The highest BCUT2D eigenvalue weighted by Crippen LogP contribution is 2.23. The lowest BCUT2D eigenvalue weighted by molar-refractivity contribution is -0.133. The summed E-state index contributed by atoms with van der Waals surface area (Å²) in [6.45, 7) is 1.07. The van der Waals surface area contributed by atoms with Gasteiger partial charge in [0.15, 0.2) is 6.04 Å². The fourth-order valence-corrected chi connectivity index (χ4v) is 2.83. The van der Waals surface area contributed by atoms with E-state index in [-0.39, 0.29) is 37.0 Å². The number of morpholine rings is 1. The first kappa shape index (κ1) is 21.6. The first-order valence-electron chi connectivity index (χ1n) is 8.54. The minimum Gasteiger partial charge on any atom is -0.370 e. The number of likely N-dealkylation sites (N-methyl/N-ethyl adjacent to an activating group) is 1. The van der Waals surface area contributed by atoms with Crippen molar-refractivity contribution < 1.29 is 32.3 Å². The minimum atomic E-state index is -2.78. The zero-order valence-electron chi connectivity index (χ0n) is 15.2. The van der Waals surface area contributed by atoms with Crippen LogP contribution in [0.15, 0.2) is 18.2 Å². The van der Waals surface area contributed by atoms with E-state index in [4.69, 9.17) is 10.5 Å². The van der Waals surface area contributed by atoms with Crippen LogP contribution in [0.1, 0.15) is 6.92 Å². The van der Waals surface area contributed by atoms with E-state index in [0.29, 0.717) is 6.61 Å². The molecule has 28 heavy (non-hydrogen) atoms. The fraction of sp³-hybridized carbons (Fsp3) is 0.471. The molecule has 0 unspecified atom stereocenters. The summed E-state index contributed by atoms with van der Waals surface area (Å²) < 4.78 is 44.8. The smallest absolute Gasteiger partial charge is 0.253 e. The molecule has 1 aromatic rings. The third-order valence-corrected chi connectivity index (χ3v) is 4.17. The first-order valence-corrected chi connectivity index (χ1v) is 8.54. The molecule has 1 aromatic carbocycles. The molecule has 1 heterocycles. The van der Waals surface area contributed by atoms with Gasteiger partial charge in [-0.05, 0) is 24.7 Å². The van der Waals surface area contributed by atoms with Gasteiger partial charge >= 0.3 is 0 Å². The van der Waals surface area contributed by atoms with Crippen molar-refractivity contribution in [3.05, 3.63) is 24.0 Å². The number of halogens is 3. The highest BCUT2D eigenvalue weighted by molar-refractivity contribution is 6.09. The van der Waals surface area contributed by atoms with Crippen LogP contribution in [0.2, 0.25) is 0 Å². The maximum absolute atomic E-state index is 14.4. The summed E-state index contributed by atoms with van der Waals surface area (Å²) in [6.07, 6.45) is -2.78. The van der Waals surface area contributed by atoms with Gasteiger partial charge in [-0.3, -0.25) is 19.3 Å².